The molecule has 0 saturated carbocycles. The van der Waals surface area contributed by atoms with E-state index < -0.39 is 17.4 Å². The average molecular weight is 402 g/mol. The summed E-state index contributed by atoms with van der Waals surface area (Å²) in [5, 5.41) is 1.11. The van der Waals surface area contributed by atoms with Gasteiger partial charge in [-0.2, -0.15) is 13.2 Å². The first-order valence-corrected chi connectivity index (χ1v) is 9.56. The molecule has 0 atom stereocenters. The van der Waals surface area contributed by atoms with E-state index in [-0.39, 0.29) is 5.92 Å². The van der Waals surface area contributed by atoms with Crippen molar-refractivity contribution in [1.82, 2.24) is 14.5 Å². The molecule has 3 heterocycles. The van der Waals surface area contributed by atoms with Crippen LogP contribution in [0.3, 0.4) is 0 Å². The fourth-order valence-corrected chi connectivity index (χ4v) is 3.90. The van der Waals surface area contributed by atoms with Crippen molar-refractivity contribution in [2.24, 2.45) is 5.92 Å². The van der Waals surface area contributed by atoms with E-state index in [0.29, 0.717) is 12.6 Å². The number of piperidine rings is 1. The van der Waals surface area contributed by atoms with Crippen LogP contribution in [0.4, 0.5) is 18.9 Å². The molecule has 1 aliphatic rings. The molecule has 1 fully saturated rings. The Hall–Kier alpha value is -2.90. The maximum atomic E-state index is 12.7. The number of nitrogens with zero attached hydrogens (tertiary/aromatic N) is 4. The molecule has 0 unspecified atom stereocenters. The quantitative estimate of drug-likeness (QED) is 0.664. The number of aromatic nitrogens is 3. The third-order valence-electron chi connectivity index (χ3n) is 5.40. The third kappa shape index (κ3) is 4.11. The SMILES string of the molecule is Cc1cc(N2CCC(Cn3cnc(C(F)(F)F)cc3=O)CC2)c2ccccc2n1. The number of rotatable bonds is 3. The summed E-state index contributed by atoms with van der Waals surface area (Å²) < 4.78 is 39.3. The predicted molar refractivity (Wildman–Crippen MR) is 105 cm³/mol. The maximum absolute atomic E-state index is 12.7. The highest BCUT2D eigenvalue weighted by Gasteiger charge is 2.33. The van der Waals surface area contributed by atoms with Gasteiger partial charge in [0.15, 0.2) is 5.69 Å². The van der Waals surface area contributed by atoms with E-state index in [4.69, 9.17) is 0 Å². The van der Waals surface area contributed by atoms with E-state index in [1.54, 1.807) is 0 Å². The van der Waals surface area contributed by atoms with Gasteiger partial charge in [-0.15, -0.1) is 0 Å². The number of hydrogen-bond acceptors (Lipinski definition) is 4. The van der Waals surface area contributed by atoms with Crippen molar-refractivity contribution in [3.05, 3.63) is 64.5 Å². The van der Waals surface area contributed by atoms with Gasteiger partial charge in [0.25, 0.3) is 5.56 Å². The number of benzene rings is 1. The minimum atomic E-state index is -4.60. The molecule has 0 bridgehead atoms. The molecule has 3 aromatic rings. The van der Waals surface area contributed by atoms with Gasteiger partial charge in [-0.05, 0) is 37.8 Å². The third-order valence-corrected chi connectivity index (χ3v) is 5.40. The van der Waals surface area contributed by atoms with Crippen LogP contribution in [0, 0.1) is 12.8 Å². The van der Waals surface area contributed by atoms with Crippen molar-refractivity contribution in [3.8, 4) is 0 Å². The summed E-state index contributed by atoms with van der Waals surface area (Å²) in [6.07, 6.45) is -1.89. The molecule has 0 amide bonds. The van der Waals surface area contributed by atoms with Crippen LogP contribution in [0.5, 0.6) is 0 Å². The Bertz CT molecular complexity index is 1090. The molecule has 1 aromatic carbocycles. The second-order valence-electron chi connectivity index (χ2n) is 7.49. The monoisotopic (exact) mass is 402 g/mol. The number of para-hydroxylation sites is 1. The molecular weight excluding hydrogens is 381 g/mol. The van der Waals surface area contributed by atoms with Gasteiger partial charge in [0.1, 0.15) is 0 Å². The Morgan fingerprint density at radius 2 is 1.86 bits per heavy atom. The van der Waals surface area contributed by atoms with Gasteiger partial charge in [-0.25, -0.2) is 4.98 Å². The van der Waals surface area contributed by atoms with E-state index in [1.165, 1.54) is 4.57 Å². The fraction of sp³-hybridized carbons (Fsp3) is 0.381. The van der Waals surface area contributed by atoms with Crippen LogP contribution >= 0.6 is 0 Å². The Morgan fingerprint density at radius 3 is 2.55 bits per heavy atom. The summed E-state index contributed by atoms with van der Waals surface area (Å²) in [4.78, 5) is 22.3. The smallest absolute Gasteiger partial charge is 0.371 e. The van der Waals surface area contributed by atoms with Crippen LogP contribution in [-0.4, -0.2) is 27.6 Å². The molecule has 0 spiro atoms. The van der Waals surface area contributed by atoms with Gasteiger partial charge in [-0.1, -0.05) is 18.2 Å². The van der Waals surface area contributed by atoms with Crippen LogP contribution in [0.15, 0.2) is 47.5 Å². The van der Waals surface area contributed by atoms with Crippen molar-refractivity contribution in [3.63, 3.8) is 0 Å². The highest BCUT2D eigenvalue weighted by molar-refractivity contribution is 5.92. The molecule has 0 aliphatic carbocycles. The summed E-state index contributed by atoms with van der Waals surface area (Å²) in [5.41, 5.74) is 1.27. The number of pyridine rings is 1. The van der Waals surface area contributed by atoms with Crippen LogP contribution in [-0.2, 0) is 12.7 Å². The van der Waals surface area contributed by atoms with E-state index in [9.17, 15) is 18.0 Å². The highest BCUT2D eigenvalue weighted by atomic mass is 19.4. The Morgan fingerprint density at radius 1 is 1.14 bits per heavy atom. The number of anilines is 1. The fourth-order valence-electron chi connectivity index (χ4n) is 3.90. The topological polar surface area (TPSA) is 51.0 Å². The first-order chi connectivity index (χ1) is 13.8. The summed E-state index contributed by atoms with van der Waals surface area (Å²) in [5.74, 6) is 0.219. The van der Waals surface area contributed by atoms with Crippen molar-refractivity contribution < 1.29 is 13.2 Å². The lowest BCUT2D eigenvalue weighted by atomic mass is 9.95. The predicted octanol–water partition coefficient (Wildman–Crippen LogP) is 4.04. The number of halogens is 3. The van der Waals surface area contributed by atoms with Crippen LogP contribution in [0.1, 0.15) is 24.2 Å². The lowest BCUT2D eigenvalue weighted by Crippen LogP contribution is -2.36. The van der Waals surface area contributed by atoms with Crippen LogP contribution < -0.4 is 10.5 Å². The van der Waals surface area contributed by atoms with E-state index >= 15 is 0 Å². The van der Waals surface area contributed by atoms with Crippen molar-refractivity contribution >= 4 is 16.6 Å². The van der Waals surface area contributed by atoms with Gasteiger partial charge >= 0.3 is 6.18 Å². The minimum absolute atomic E-state index is 0.219. The molecule has 1 aliphatic heterocycles. The normalized spacial score (nSPS) is 15.8. The Labute approximate surface area is 165 Å². The maximum Gasteiger partial charge on any atom is 0.433 e. The zero-order chi connectivity index (χ0) is 20.6. The van der Waals surface area contributed by atoms with E-state index in [1.807, 2.05) is 25.1 Å². The molecule has 8 heteroatoms. The number of alkyl halides is 3. The lowest BCUT2D eigenvalue weighted by molar-refractivity contribution is -0.141. The Balaban J connectivity index is 1.46. The van der Waals surface area contributed by atoms with Gasteiger partial charge in [-0.3, -0.25) is 14.3 Å². The van der Waals surface area contributed by atoms with Gasteiger partial charge in [0.05, 0.1) is 11.8 Å². The zero-order valence-electron chi connectivity index (χ0n) is 16.0. The van der Waals surface area contributed by atoms with Crippen LogP contribution in [0.25, 0.3) is 10.9 Å². The summed E-state index contributed by atoms with van der Waals surface area (Å²) in [6.45, 7) is 4.00. The molecule has 0 radical (unpaired) electrons. The summed E-state index contributed by atoms with van der Waals surface area (Å²) in [6, 6.07) is 10.7. The average Bonchev–Trinajstić information content (AvgIpc) is 2.68. The van der Waals surface area contributed by atoms with E-state index in [0.717, 1.165) is 54.5 Å². The van der Waals surface area contributed by atoms with Crippen LogP contribution in [0.2, 0.25) is 0 Å². The minimum Gasteiger partial charge on any atom is -0.371 e. The molecule has 1 saturated heterocycles. The second kappa shape index (κ2) is 7.50. The van der Waals surface area contributed by atoms with E-state index in [2.05, 4.69) is 27.0 Å². The van der Waals surface area contributed by atoms with Gasteiger partial charge < -0.3 is 4.90 Å². The van der Waals surface area contributed by atoms with Crippen molar-refractivity contribution in [1.29, 1.82) is 0 Å². The van der Waals surface area contributed by atoms with Gasteiger partial charge in [0.2, 0.25) is 0 Å². The summed E-state index contributed by atoms with van der Waals surface area (Å²) in [7, 11) is 0. The number of aryl methyl sites for hydroxylation is 1. The molecule has 29 heavy (non-hydrogen) atoms. The van der Waals surface area contributed by atoms with Crippen molar-refractivity contribution in [2.45, 2.75) is 32.5 Å². The Kier molecular flexibility index (Phi) is 5.02. The molecule has 2 aromatic heterocycles. The first-order valence-electron chi connectivity index (χ1n) is 9.56. The van der Waals surface area contributed by atoms with Crippen molar-refractivity contribution in [2.75, 3.05) is 18.0 Å². The first kappa shape index (κ1) is 19.4. The highest BCUT2D eigenvalue weighted by Crippen LogP contribution is 2.31. The molecule has 5 nitrogen and oxygen atoms in total. The zero-order valence-corrected chi connectivity index (χ0v) is 16.0. The lowest BCUT2D eigenvalue weighted by Gasteiger charge is -2.34. The number of fused-ring (bicyclic) bond motifs is 1. The summed E-state index contributed by atoms with van der Waals surface area (Å²) >= 11 is 0. The molecule has 4 rings (SSSR count). The molecule has 0 N–H and O–H groups in total. The number of hydrogen-bond donors (Lipinski definition) is 0. The molecule has 152 valence electrons. The largest absolute Gasteiger partial charge is 0.433 e. The molecular formula is C21H21F3N4O. The second-order valence-corrected chi connectivity index (χ2v) is 7.49. The standard InChI is InChI=1S/C21H21F3N4O/c1-14-10-18(16-4-2-3-5-17(16)26-14)27-8-6-15(7-9-27)12-28-13-25-19(11-20(28)29)21(22,23)24/h2-5,10-11,13,15H,6-9,12H2,1H3. The van der Waals surface area contributed by atoms with Gasteiger partial charge in [0, 0.05) is 42.5 Å².